The number of pyridine rings is 1. The van der Waals surface area contributed by atoms with E-state index in [2.05, 4.69) is 25.9 Å². The molecule has 0 spiro atoms. The minimum absolute atomic E-state index is 0.113. The van der Waals surface area contributed by atoms with Crippen LogP contribution in [-0.2, 0) is 5.54 Å². The monoisotopic (exact) mass is 359 g/mol. The average Bonchev–Trinajstić information content (AvgIpc) is 3.14. The number of methoxy groups -OCH3 is 1. The van der Waals surface area contributed by atoms with Gasteiger partial charge in [-0.25, -0.2) is 9.37 Å². The number of amidine groups is 1. The maximum atomic E-state index is 13.4. The first-order chi connectivity index (χ1) is 9.45. The van der Waals surface area contributed by atoms with Gasteiger partial charge in [0.25, 0.3) is 0 Å². The van der Waals surface area contributed by atoms with Crippen LogP contribution in [0.15, 0.2) is 21.7 Å². The average molecular weight is 360 g/mol. The zero-order valence-corrected chi connectivity index (χ0v) is 13.6. The van der Waals surface area contributed by atoms with Gasteiger partial charge < -0.3 is 10.5 Å². The smallest absolute Gasteiger partial charge is 0.218 e. The molecule has 1 unspecified atom stereocenters. The SMILES string of the molecule is COc1ncc(Br)cc1[C@@]1(C)N=C(N)S[C@@]2(CF)CC21. The number of hydrogen-bond donors (Lipinski definition) is 1. The molecule has 3 atom stereocenters. The lowest BCUT2D eigenvalue weighted by molar-refractivity contribution is 0.340. The van der Waals surface area contributed by atoms with Gasteiger partial charge in [-0.3, -0.25) is 4.99 Å². The summed E-state index contributed by atoms with van der Waals surface area (Å²) < 4.78 is 19.2. The first-order valence-electron chi connectivity index (χ1n) is 6.25. The van der Waals surface area contributed by atoms with Crippen molar-refractivity contribution in [3.05, 3.63) is 22.3 Å². The maximum Gasteiger partial charge on any atom is 0.218 e. The Hall–Kier alpha value is -0.820. The second kappa shape index (κ2) is 4.59. The zero-order chi connectivity index (χ0) is 14.5. The standard InChI is InChI=1S/C13H15BrFN3OS/c1-12(8-3-7(14)5-17-10(8)19-2)9-4-13(9,6-15)20-11(16)18-12/h3,5,9H,4,6H2,1-2H3,(H2,16,18)/t9?,12-,13-/m1/s1. The molecule has 0 radical (unpaired) electrons. The van der Waals surface area contributed by atoms with Crippen molar-refractivity contribution in [2.24, 2.45) is 16.6 Å². The number of hydrogen-bond acceptors (Lipinski definition) is 5. The van der Waals surface area contributed by atoms with Crippen LogP contribution in [0.3, 0.4) is 0 Å². The Labute approximate surface area is 129 Å². The molecule has 20 heavy (non-hydrogen) atoms. The molecule has 0 saturated heterocycles. The second-order valence-corrected chi connectivity index (χ2v) is 7.72. The highest BCUT2D eigenvalue weighted by molar-refractivity contribution is 9.10. The Morgan fingerprint density at radius 2 is 2.40 bits per heavy atom. The minimum Gasteiger partial charge on any atom is -0.481 e. The van der Waals surface area contributed by atoms with Gasteiger partial charge in [0.1, 0.15) is 6.67 Å². The summed E-state index contributed by atoms with van der Waals surface area (Å²) >= 11 is 4.78. The van der Waals surface area contributed by atoms with Crippen molar-refractivity contribution >= 4 is 32.9 Å². The Kier molecular flexibility index (Phi) is 3.25. The van der Waals surface area contributed by atoms with Crippen molar-refractivity contribution in [3.8, 4) is 5.88 Å². The number of rotatable bonds is 3. The summed E-state index contributed by atoms with van der Waals surface area (Å²) in [5.41, 5.74) is 6.18. The number of aliphatic imine (C=N–C) groups is 1. The number of alkyl halides is 1. The molecule has 0 bridgehead atoms. The molecule has 1 fully saturated rings. The predicted molar refractivity (Wildman–Crippen MR) is 81.9 cm³/mol. The molecule has 1 aromatic heterocycles. The molecule has 1 aliphatic heterocycles. The third-order valence-corrected chi connectivity index (χ3v) is 5.84. The number of nitrogens with zero attached hydrogens (tertiary/aromatic N) is 2. The molecule has 108 valence electrons. The fourth-order valence-corrected chi connectivity index (χ4v) is 4.68. The van der Waals surface area contributed by atoms with Gasteiger partial charge in [-0.05, 0) is 35.3 Å². The molecule has 3 rings (SSSR count). The Morgan fingerprint density at radius 3 is 3.05 bits per heavy atom. The van der Waals surface area contributed by atoms with Crippen molar-refractivity contribution in [1.82, 2.24) is 4.98 Å². The van der Waals surface area contributed by atoms with E-state index in [0.717, 1.165) is 16.5 Å². The summed E-state index contributed by atoms with van der Waals surface area (Å²) in [6, 6.07) is 1.93. The van der Waals surface area contributed by atoms with Crippen molar-refractivity contribution in [3.63, 3.8) is 0 Å². The quantitative estimate of drug-likeness (QED) is 0.901. The fraction of sp³-hybridized carbons (Fsp3) is 0.538. The van der Waals surface area contributed by atoms with E-state index in [1.165, 1.54) is 11.8 Å². The van der Waals surface area contributed by atoms with Crippen LogP contribution in [0, 0.1) is 5.92 Å². The van der Waals surface area contributed by atoms with Gasteiger partial charge in [-0.2, -0.15) is 0 Å². The minimum atomic E-state index is -0.594. The number of aromatic nitrogens is 1. The summed E-state index contributed by atoms with van der Waals surface area (Å²) in [5.74, 6) is 0.626. The van der Waals surface area contributed by atoms with Crippen molar-refractivity contribution in [1.29, 1.82) is 0 Å². The van der Waals surface area contributed by atoms with Crippen LogP contribution in [0.25, 0.3) is 0 Å². The lowest BCUT2D eigenvalue weighted by atomic mass is 9.87. The van der Waals surface area contributed by atoms with Crippen LogP contribution in [-0.4, -0.2) is 28.7 Å². The van der Waals surface area contributed by atoms with Gasteiger partial charge in [0.05, 0.1) is 17.4 Å². The third-order valence-electron chi connectivity index (χ3n) is 4.14. The third kappa shape index (κ3) is 1.94. The molecular formula is C13H15BrFN3OS. The highest BCUT2D eigenvalue weighted by atomic mass is 79.9. The van der Waals surface area contributed by atoms with Gasteiger partial charge in [-0.15, -0.1) is 0 Å². The molecule has 1 aromatic rings. The molecule has 4 nitrogen and oxygen atoms in total. The molecule has 1 saturated carbocycles. The molecule has 0 aromatic carbocycles. The van der Waals surface area contributed by atoms with Gasteiger partial charge in [-0.1, -0.05) is 11.8 Å². The summed E-state index contributed by atoms with van der Waals surface area (Å²) in [5, 5.41) is 0.431. The Balaban J connectivity index is 2.13. The number of halogens is 2. The molecule has 0 amide bonds. The summed E-state index contributed by atoms with van der Waals surface area (Å²) in [7, 11) is 1.57. The van der Waals surface area contributed by atoms with E-state index in [4.69, 9.17) is 10.5 Å². The topological polar surface area (TPSA) is 60.5 Å². The highest BCUT2D eigenvalue weighted by Gasteiger charge is 2.67. The zero-order valence-electron chi connectivity index (χ0n) is 11.2. The molecule has 1 aliphatic carbocycles. The largest absolute Gasteiger partial charge is 0.481 e. The molecular weight excluding hydrogens is 345 g/mol. The lowest BCUT2D eigenvalue weighted by Gasteiger charge is -2.33. The molecule has 2 heterocycles. The van der Waals surface area contributed by atoms with E-state index in [-0.39, 0.29) is 5.92 Å². The number of thioether (sulfide) groups is 1. The Bertz CT molecular complexity index is 599. The number of nitrogens with two attached hydrogens (primary N) is 1. The van der Waals surface area contributed by atoms with Crippen LogP contribution in [0.5, 0.6) is 5.88 Å². The molecule has 7 heteroatoms. The van der Waals surface area contributed by atoms with Crippen LogP contribution in [0.2, 0.25) is 0 Å². The van der Waals surface area contributed by atoms with Gasteiger partial charge in [0.2, 0.25) is 5.88 Å². The van der Waals surface area contributed by atoms with Crippen molar-refractivity contribution < 1.29 is 9.13 Å². The highest BCUT2D eigenvalue weighted by Crippen LogP contribution is 2.66. The molecule has 2 aliphatic rings. The van der Waals surface area contributed by atoms with E-state index < -0.39 is 17.0 Å². The number of ether oxygens (including phenoxy) is 1. The first kappa shape index (κ1) is 14.1. The van der Waals surface area contributed by atoms with Crippen molar-refractivity contribution in [2.45, 2.75) is 23.6 Å². The van der Waals surface area contributed by atoms with Crippen LogP contribution in [0.1, 0.15) is 18.9 Å². The van der Waals surface area contributed by atoms with Crippen LogP contribution < -0.4 is 10.5 Å². The van der Waals surface area contributed by atoms with Gasteiger partial charge in [0, 0.05) is 22.2 Å². The predicted octanol–water partition coefficient (Wildman–Crippen LogP) is 2.86. The van der Waals surface area contributed by atoms with E-state index in [0.29, 0.717) is 11.0 Å². The van der Waals surface area contributed by atoms with Crippen LogP contribution >= 0.6 is 27.7 Å². The van der Waals surface area contributed by atoms with E-state index in [9.17, 15) is 4.39 Å². The van der Waals surface area contributed by atoms with Crippen molar-refractivity contribution in [2.75, 3.05) is 13.8 Å². The summed E-state index contributed by atoms with van der Waals surface area (Å²) in [6.45, 7) is 1.59. The summed E-state index contributed by atoms with van der Waals surface area (Å²) in [6.07, 6.45) is 2.44. The fourth-order valence-electron chi connectivity index (χ4n) is 3.02. The maximum absolute atomic E-state index is 13.4. The first-order valence-corrected chi connectivity index (χ1v) is 7.86. The van der Waals surface area contributed by atoms with Gasteiger partial charge in [0.15, 0.2) is 5.17 Å². The van der Waals surface area contributed by atoms with Gasteiger partial charge >= 0.3 is 0 Å². The lowest BCUT2D eigenvalue weighted by Crippen LogP contribution is -2.36. The molecule has 2 N–H and O–H groups in total. The van der Waals surface area contributed by atoms with E-state index in [1.54, 1.807) is 13.3 Å². The summed E-state index contributed by atoms with van der Waals surface area (Å²) in [4.78, 5) is 8.86. The van der Waals surface area contributed by atoms with Crippen LogP contribution in [0.4, 0.5) is 4.39 Å². The Morgan fingerprint density at radius 1 is 1.65 bits per heavy atom. The number of fused-ring (bicyclic) bond motifs is 1. The normalized spacial score (nSPS) is 35.2. The van der Waals surface area contributed by atoms with E-state index in [1.807, 2.05) is 13.0 Å². The second-order valence-electron chi connectivity index (χ2n) is 5.37. The van der Waals surface area contributed by atoms with E-state index >= 15 is 0 Å².